The molecule has 1 aromatic carbocycles. The van der Waals surface area contributed by atoms with E-state index in [4.69, 9.17) is 18.3 Å². The van der Waals surface area contributed by atoms with Crippen molar-refractivity contribution in [3.63, 3.8) is 0 Å². The molecule has 0 radical (unpaired) electrons. The minimum Gasteiger partial charge on any atom is -0.487 e. The number of benzene rings is 1. The molecule has 4 amide bonds. The van der Waals surface area contributed by atoms with Gasteiger partial charge in [0.25, 0.3) is 0 Å². The second-order valence-electron chi connectivity index (χ2n) is 13.2. The quantitative estimate of drug-likeness (QED) is 0.260. The van der Waals surface area contributed by atoms with Crippen LogP contribution in [0.5, 0.6) is 5.75 Å². The van der Waals surface area contributed by atoms with Crippen LogP contribution in [-0.2, 0) is 32.2 Å². The zero-order valence-corrected chi connectivity index (χ0v) is 26.7. The first-order valence-corrected chi connectivity index (χ1v) is 14.7. The number of alkyl halides is 3. The number of aryl methyl sites for hydroxylation is 1. The number of carbonyl (C=O) groups excluding carboxylic acids is 4. The number of halogens is 4. The fourth-order valence-electron chi connectivity index (χ4n) is 5.41. The Balaban J connectivity index is 1.53. The molecule has 5 rings (SSSR count). The molecule has 0 spiro atoms. The highest BCUT2D eigenvalue weighted by Gasteiger charge is 2.47. The van der Waals surface area contributed by atoms with Crippen LogP contribution in [0.4, 0.5) is 38.7 Å². The summed E-state index contributed by atoms with van der Waals surface area (Å²) in [6, 6.07) is -0.278. The van der Waals surface area contributed by atoms with Crippen molar-refractivity contribution < 1.29 is 55.1 Å². The van der Waals surface area contributed by atoms with Crippen molar-refractivity contribution >= 4 is 46.4 Å². The van der Waals surface area contributed by atoms with E-state index in [2.05, 4.69) is 15.4 Å². The minimum absolute atomic E-state index is 0.0685. The lowest BCUT2D eigenvalue weighted by atomic mass is 9.93. The Hall–Kier alpha value is -4.96. The Labute approximate surface area is 276 Å². The molecule has 4 heterocycles. The van der Waals surface area contributed by atoms with Gasteiger partial charge >= 0.3 is 30.2 Å². The predicted octanol–water partition coefficient (Wildman–Crippen LogP) is 5.87. The number of piperidine rings is 1. The molecule has 1 fully saturated rings. The van der Waals surface area contributed by atoms with Crippen LogP contribution < -0.4 is 15.0 Å². The van der Waals surface area contributed by atoms with E-state index >= 15 is 4.39 Å². The van der Waals surface area contributed by atoms with Crippen molar-refractivity contribution in [2.24, 2.45) is 6.98 Å². The summed E-state index contributed by atoms with van der Waals surface area (Å²) in [5.41, 5.74) is -4.55. The van der Waals surface area contributed by atoms with Crippen LogP contribution in [0.25, 0.3) is 10.9 Å². The molecule has 2 aliphatic heterocycles. The van der Waals surface area contributed by atoms with Gasteiger partial charge in [0.05, 0.1) is 29.2 Å². The minimum atomic E-state index is -4.86. The topological polar surface area (TPSA) is 145 Å². The number of ether oxygens (including phenoxy) is 3. The zero-order chi connectivity index (χ0) is 38.0. The first kappa shape index (κ1) is 30.4. The van der Waals surface area contributed by atoms with E-state index < -0.39 is 89.0 Å². The highest BCUT2D eigenvalue weighted by molar-refractivity contribution is 6.40. The summed E-state index contributed by atoms with van der Waals surface area (Å²) in [6.07, 6.45) is -5.85. The number of fused-ring (bicyclic) bond motifs is 4. The number of hydrogen-bond donors (Lipinski definition) is 1. The Morgan fingerprint density at radius 3 is 2.27 bits per heavy atom. The van der Waals surface area contributed by atoms with E-state index in [1.54, 1.807) is 0 Å². The fraction of sp³-hybridized carbons (Fsp3) is 0.484. The molecule has 2 aliphatic rings. The number of pyridine rings is 1. The van der Waals surface area contributed by atoms with Gasteiger partial charge < -0.3 is 24.4 Å². The summed E-state index contributed by atoms with van der Waals surface area (Å²) in [5, 5.41) is 6.04. The van der Waals surface area contributed by atoms with Crippen molar-refractivity contribution in [1.82, 2.24) is 19.7 Å². The van der Waals surface area contributed by atoms with Gasteiger partial charge in [-0.1, -0.05) is 0 Å². The molecule has 48 heavy (non-hydrogen) atoms. The maximum Gasteiger partial charge on any atom is 0.425 e. The maximum atomic E-state index is 15.2. The lowest BCUT2D eigenvalue weighted by molar-refractivity contribution is -0.147. The molecule has 0 bridgehead atoms. The van der Waals surface area contributed by atoms with E-state index in [0.717, 1.165) is 17.3 Å². The third-order valence-corrected chi connectivity index (χ3v) is 7.22. The number of carbonyl (C=O) groups is 4. The third kappa shape index (κ3) is 6.71. The van der Waals surface area contributed by atoms with Crippen LogP contribution in [0, 0.1) is 5.82 Å². The Morgan fingerprint density at radius 1 is 1.04 bits per heavy atom. The molecule has 258 valence electrons. The summed E-state index contributed by atoms with van der Waals surface area (Å²) in [7, 11) is 0. The lowest BCUT2D eigenvalue weighted by Crippen LogP contribution is -2.48. The Bertz CT molecular complexity index is 1890. The van der Waals surface area contributed by atoms with Crippen LogP contribution in [0.3, 0.4) is 0 Å². The SMILES string of the molecule is [2H]C([2H])([2H])n1ncc2c(NC(=O)C(=O)N3CCC[C@@H]4Oc5cc(C(F)(F)F)cc(F)c5[C@@H]43)cnc(N(C(=O)OC(C)(C)C)C(=O)OC(C)(C)C)c21. The van der Waals surface area contributed by atoms with Gasteiger partial charge in [0, 0.05) is 23.0 Å². The summed E-state index contributed by atoms with van der Waals surface area (Å²) >= 11 is 0. The first-order chi connectivity index (χ1) is 23.4. The normalized spacial score (nSPS) is 18.9. The molecule has 1 N–H and O–H groups in total. The van der Waals surface area contributed by atoms with Gasteiger partial charge in [-0.2, -0.15) is 23.2 Å². The molecule has 2 atom stereocenters. The van der Waals surface area contributed by atoms with Crippen molar-refractivity contribution in [1.29, 1.82) is 0 Å². The van der Waals surface area contributed by atoms with Crippen LogP contribution in [0.1, 0.15) is 75.7 Å². The molecular formula is C31H34F4N6O7. The van der Waals surface area contributed by atoms with Crippen LogP contribution >= 0.6 is 0 Å². The number of rotatable bonds is 2. The number of nitrogens with zero attached hydrogens (tertiary/aromatic N) is 5. The van der Waals surface area contributed by atoms with Gasteiger partial charge in [-0.25, -0.2) is 19.0 Å². The molecule has 13 nitrogen and oxygen atoms in total. The van der Waals surface area contributed by atoms with Crippen LogP contribution in [0.15, 0.2) is 24.5 Å². The zero-order valence-electron chi connectivity index (χ0n) is 29.7. The average molecular weight is 682 g/mol. The highest BCUT2D eigenvalue weighted by Crippen LogP contribution is 2.48. The van der Waals surface area contributed by atoms with Crippen molar-refractivity contribution in [2.75, 3.05) is 16.8 Å². The summed E-state index contributed by atoms with van der Waals surface area (Å²) in [6.45, 7) is 6.07. The average Bonchev–Trinajstić information content (AvgIpc) is 3.58. The largest absolute Gasteiger partial charge is 0.487 e. The number of imide groups is 1. The number of hydrogen-bond acceptors (Lipinski definition) is 9. The third-order valence-electron chi connectivity index (χ3n) is 7.22. The van der Waals surface area contributed by atoms with Gasteiger partial charge in [0.2, 0.25) is 0 Å². The van der Waals surface area contributed by atoms with Gasteiger partial charge in [-0.3, -0.25) is 14.3 Å². The maximum absolute atomic E-state index is 15.2. The number of amides is 4. The second kappa shape index (κ2) is 11.9. The molecule has 17 heteroatoms. The predicted molar refractivity (Wildman–Crippen MR) is 162 cm³/mol. The fourth-order valence-corrected chi connectivity index (χ4v) is 5.41. The van der Waals surface area contributed by atoms with E-state index in [-0.39, 0.29) is 36.0 Å². The molecule has 0 aliphatic carbocycles. The Morgan fingerprint density at radius 2 is 1.69 bits per heavy atom. The van der Waals surface area contributed by atoms with E-state index in [1.807, 2.05) is 0 Å². The van der Waals surface area contributed by atoms with Crippen molar-refractivity contribution in [3.8, 4) is 5.75 Å². The van der Waals surface area contributed by atoms with E-state index in [9.17, 15) is 32.3 Å². The standard InChI is InChI=1S/C31H34F4N6O7/c1-29(2,3)47-27(44)41(28(45)48-30(4,5)6)24-22-16(13-37-39(22)7)18(14-36-24)38-25(42)26(43)40-10-8-9-19-23(40)21-17(32)11-15(31(33,34)35)12-20(21)46-19/h11-14,19,23H,8-10H2,1-7H3,(H,38,42)/t19-,23+/m0/s1/i7D3. The van der Waals surface area contributed by atoms with Gasteiger partial charge in [-0.05, 0) is 66.5 Å². The number of aromatic nitrogens is 3. The molecule has 3 aromatic rings. The van der Waals surface area contributed by atoms with Crippen LogP contribution in [0.2, 0.25) is 0 Å². The molecule has 1 saturated heterocycles. The molecular weight excluding hydrogens is 644 g/mol. The summed E-state index contributed by atoms with van der Waals surface area (Å²) in [5.74, 6) is -4.74. The highest BCUT2D eigenvalue weighted by atomic mass is 19.4. The smallest absolute Gasteiger partial charge is 0.425 e. The second-order valence-corrected chi connectivity index (χ2v) is 13.2. The van der Waals surface area contributed by atoms with E-state index in [0.29, 0.717) is 21.7 Å². The van der Waals surface area contributed by atoms with E-state index in [1.165, 1.54) is 41.5 Å². The number of anilines is 2. The molecule has 0 saturated carbocycles. The van der Waals surface area contributed by atoms with Gasteiger partial charge in [0.15, 0.2) is 5.82 Å². The molecule has 0 unspecified atom stereocenters. The first-order valence-electron chi connectivity index (χ1n) is 16.2. The summed E-state index contributed by atoms with van der Waals surface area (Å²) < 4.78 is 96.1. The van der Waals surface area contributed by atoms with Gasteiger partial charge in [0.1, 0.15) is 40.4 Å². The van der Waals surface area contributed by atoms with Gasteiger partial charge in [-0.15, -0.1) is 0 Å². The Kier molecular flexibility index (Phi) is 7.55. The van der Waals surface area contributed by atoms with Crippen molar-refractivity contribution in [3.05, 3.63) is 41.5 Å². The number of nitrogens with one attached hydrogen (secondary N) is 1. The summed E-state index contributed by atoms with van der Waals surface area (Å²) in [4.78, 5) is 59.3. The molecule has 2 aromatic heterocycles. The van der Waals surface area contributed by atoms with Crippen LogP contribution in [-0.4, -0.2) is 67.5 Å². The van der Waals surface area contributed by atoms with Crippen molar-refractivity contribution in [2.45, 2.75) is 83.9 Å². The number of likely N-dealkylation sites (tertiary alicyclic amines) is 1. The monoisotopic (exact) mass is 681 g/mol. The lowest BCUT2D eigenvalue weighted by Gasteiger charge is -2.36.